The van der Waals surface area contributed by atoms with Crippen molar-refractivity contribution in [2.24, 2.45) is 7.05 Å². The molecule has 0 radical (unpaired) electrons. The van der Waals surface area contributed by atoms with Gasteiger partial charge >= 0.3 is 5.69 Å². The number of nitriles is 1. The van der Waals surface area contributed by atoms with Crippen LogP contribution in [-0.2, 0) is 20.1 Å². The maximum absolute atomic E-state index is 13.0. The molecule has 0 amide bonds. The number of benzene rings is 1. The zero-order valence-corrected chi connectivity index (χ0v) is 15.0. The van der Waals surface area contributed by atoms with Crippen LogP contribution in [-0.4, -0.2) is 18.7 Å². The van der Waals surface area contributed by atoms with Gasteiger partial charge in [-0.2, -0.15) is 5.26 Å². The maximum atomic E-state index is 13.0. The Kier molecular flexibility index (Phi) is 4.42. The highest BCUT2D eigenvalue weighted by Crippen LogP contribution is 2.16. The average molecular weight is 400 g/mol. The van der Waals surface area contributed by atoms with Crippen LogP contribution in [0.3, 0.4) is 0 Å². The van der Waals surface area contributed by atoms with Crippen molar-refractivity contribution >= 4 is 27.1 Å². The van der Waals surface area contributed by atoms with E-state index < -0.39 is 11.2 Å². The van der Waals surface area contributed by atoms with E-state index in [-0.39, 0.29) is 6.54 Å². The molecule has 2 aromatic heterocycles. The lowest BCUT2D eigenvalue weighted by molar-refractivity contribution is 0.653. The van der Waals surface area contributed by atoms with Crippen LogP contribution >= 0.6 is 15.9 Å². The Morgan fingerprint density at radius 1 is 1.32 bits per heavy atom. The first-order valence-corrected chi connectivity index (χ1v) is 8.23. The quantitative estimate of drug-likeness (QED) is 0.494. The second kappa shape index (κ2) is 6.53. The maximum Gasteiger partial charge on any atom is 0.332 e. The number of allylic oxidation sites excluding steroid dienone is 1. The Balaban J connectivity index is 2.31. The normalized spacial score (nSPS) is 10.8. The fourth-order valence-electron chi connectivity index (χ4n) is 2.72. The lowest BCUT2D eigenvalue weighted by Gasteiger charge is -2.10. The highest BCUT2D eigenvalue weighted by atomic mass is 79.9. The van der Waals surface area contributed by atoms with Crippen LogP contribution in [0.1, 0.15) is 11.1 Å². The molecule has 0 saturated carbocycles. The van der Waals surface area contributed by atoms with E-state index in [9.17, 15) is 14.9 Å². The SMILES string of the molecule is C=CCn1c(Br)nc2c1c(=O)n(Cc1ccccc1C#N)c(=O)n2C. The van der Waals surface area contributed by atoms with Crippen molar-refractivity contribution in [2.45, 2.75) is 13.1 Å². The monoisotopic (exact) mass is 399 g/mol. The van der Waals surface area contributed by atoms with Crippen molar-refractivity contribution in [1.82, 2.24) is 18.7 Å². The zero-order valence-electron chi connectivity index (χ0n) is 13.4. The van der Waals surface area contributed by atoms with Gasteiger partial charge < -0.3 is 4.57 Å². The second-order valence-corrected chi connectivity index (χ2v) is 6.16. The van der Waals surface area contributed by atoms with Crippen molar-refractivity contribution in [3.05, 3.63) is 73.6 Å². The number of aryl methyl sites for hydroxylation is 1. The van der Waals surface area contributed by atoms with E-state index in [2.05, 4.69) is 33.6 Å². The molecule has 3 rings (SSSR count). The number of fused-ring (bicyclic) bond motifs is 1. The summed E-state index contributed by atoms with van der Waals surface area (Å²) in [5, 5.41) is 9.23. The standard InChI is InChI=1S/C17H14BrN5O2/c1-3-8-22-13-14(20-16(22)18)21(2)17(25)23(15(13)24)10-12-7-5-4-6-11(12)9-19/h3-7H,1,8,10H2,2H3. The highest BCUT2D eigenvalue weighted by Gasteiger charge is 2.19. The van der Waals surface area contributed by atoms with Crippen LogP contribution < -0.4 is 11.2 Å². The van der Waals surface area contributed by atoms with Crippen LogP contribution in [0.5, 0.6) is 0 Å². The number of hydrogen-bond acceptors (Lipinski definition) is 4. The van der Waals surface area contributed by atoms with Crippen LogP contribution in [0.2, 0.25) is 0 Å². The zero-order chi connectivity index (χ0) is 18.1. The van der Waals surface area contributed by atoms with Crippen molar-refractivity contribution in [2.75, 3.05) is 0 Å². The third-order valence-corrected chi connectivity index (χ3v) is 4.57. The summed E-state index contributed by atoms with van der Waals surface area (Å²) in [4.78, 5) is 29.9. The van der Waals surface area contributed by atoms with Crippen molar-refractivity contribution < 1.29 is 0 Å². The lowest BCUT2D eigenvalue weighted by Crippen LogP contribution is -2.40. The van der Waals surface area contributed by atoms with Gasteiger partial charge in [-0.1, -0.05) is 24.3 Å². The van der Waals surface area contributed by atoms with Crippen molar-refractivity contribution in [1.29, 1.82) is 5.26 Å². The van der Waals surface area contributed by atoms with Crippen LogP contribution in [0.15, 0.2) is 51.2 Å². The largest absolute Gasteiger partial charge is 0.332 e. The van der Waals surface area contributed by atoms with Crippen LogP contribution in [0.25, 0.3) is 11.2 Å². The molecule has 0 aliphatic heterocycles. The first-order chi connectivity index (χ1) is 12.0. The highest BCUT2D eigenvalue weighted by molar-refractivity contribution is 9.10. The number of rotatable bonds is 4. The molecule has 3 aromatic rings. The van der Waals surface area contributed by atoms with Gasteiger partial charge in [0.05, 0.1) is 18.2 Å². The predicted octanol–water partition coefficient (Wildman–Crippen LogP) is 1.77. The molecule has 1 aromatic carbocycles. The number of aromatic nitrogens is 4. The Morgan fingerprint density at radius 2 is 2.04 bits per heavy atom. The Bertz CT molecular complexity index is 1150. The molecular formula is C17H14BrN5O2. The molecule has 2 heterocycles. The summed E-state index contributed by atoms with van der Waals surface area (Å²) in [5.74, 6) is 0. The van der Waals surface area contributed by atoms with Gasteiger partial charge in [-0.15, -0.1) is 6.58 Å². The van der Waals surface area contributed by atoms with Crippen molar-refractivity contribution in [3.63, 3.8) is 0 Å². The summed E-state index contributed by atoms with van der Waals surface area (Å²) in [6, 6.07) is 8.97. The third kappa shape index (κ3) is 2.72. The van der Waals surface area contributed by atoms with E-state index in [1.165, 1.54) is 4.57 Å². The van der Waals surface area contributed by atoms with E-state index in [1.54, 1.807) is 42.0 Å². The van der Waals surface area contributed by atoms with Crippen molar-refractivity contribution in [3.8, 4) is 6.07 Å². The van der Waals surface area contributed by atoms with E-state index in [1.807, 2.05) is 0 Å². The molecule has 0 saturated heterocycles. The van der Waals surface area contributed by atoms with Gasteiger partial charge in [0.2, 0.25) is 0 Å². The van der Waals surface area contributed by atoms with Gasteiger partial charge in [0, 0.05) is 13.6 Å². The summed E-state index contributed by atoms with van der Waals surface area (Å²) in [6.07, 6.45) is 1.64. The van der Waals surface area contributed by atoms with Gasteiger partial charge in [-0.3, -0.25) is 13.9 Å². The average Bonchev–Trinajstić information content (AvgIpc) is 2.94. The summed E-state index contributed by atoms with van der Waals surface area (Å²) in [6.45, 7) is 4.07. The molecule has 7 nitrogen and oxygen atoms in total. The van der Waals surface area contributed by atoms with Crippen LogP contribution in [0, 0.1) is 11.3 Å². The van der Waals surface area contributed by atoms with Crippen LogP contribution in [0.4, 0.5) is 0 Å². The molecule has 126 valence electrons. The molecule has 0 N–H and O–H groups in total. The fraction of sp³-hybridized carbons (Fsp3) is 0.176. The Hall–Kier alpha value is -2.92. The number of hydrogen-bond donors (Lipinski definition) is 0. The topological polar surface area (TPSA) is 85.6 Å². The van der Waals surface area contributed by atoms with Gasteiger partial charge in [0.1, 0.15) is 0 Å². The number of halogens is 1. The summed E-state index contributed by atoms with van der Waals surface area (Å²) >= 11 is 3.32. The Labute approximate surface area is 151 Å². The fourth-order valence-corrected chi connectivity index (χ4v) is 3.21. The first-order valence-electron chi connectivity index (χ1n) is 7.44. The first kappa shape index (κ1) is 16.9. The molecule has 0 bridgehead atoms. The van der Waals surface area contributed by atoms with E-state index in [4.69, 9.17) is 0 Å². The van der Waals surface area contributed by atoms with E-state index in [0.717, 1.165) is 4.57 Å². The summed E-state index contributed by atoms with van der Waals surface area (Å²) in [7, 11) is 1.56. The van der Waals surface area contributed by atoms with Gasteiger partial charge in [-0.05, 0) is 27.6 Å². The molecular weight excluding hydrogens is 386 g/mol. The van der Waals surface area contributed by atoms with Gasteiger partial charge in [-0.25, -0.2) is 9.78 Å². The minimum absolute atomic E-state index is 0.0159. The number of imidazole rings is 1. The molecule has 0 aliphatic rings. The van der Waals surface area contributed by atoms with Gasteiger partial charge in [0.15, 0.2) is 15.9 Å². The van der Waals surface area contributed by atoms with E-state index in [0.29, 0.717) is 33.6 Å². The van der Waals surface area contributed by atoms with Gasteiger partial charge in [0.25, 0.3) is 5.56 Å². The summed E-state index contributed by atoms with van der Waals surface area (Å²) in [5.41, 5.74) is 0.707. The molecule has 0 spiro atoms. The molecule has 0 unspecified atom stereocenters. The molecule has 25 heavy (non-hydrogen) atoms. The second-order valence-electron chi connectivity index (χ2n) is 5.45. The molecule has 0 atom stereocenters. The lowest BCUT2D eigenvalue weighted by atomic mass is 10.1. The molecule has 8 heteroatoms. The predicted molar refractivity (Wildman–Crippen MR) is 97.4 cm³/mol. The number of nitrogens with zero attached hydrogens (tertiary/aromatic N) is 5. The van der Waals surface area contributed by atoms with E-state index >= 15 is 0 Å². The Morgan fingerprint density at radius 3 is 2.72 bits per heavy atom. The molecule has 0 fully saturated rings. The summed E-state index contributed by atoms with van der Waals surface area (Å²) < 4.78 is 4.55. The third-order valence-electron chi connectivity index (χ3n) is 3.96. The molecule has 0 aliphatic carbocycles. The minimum Gasteiger partial charge on any atom is -0.309 e. The minimum atomic E-state index is -0.485. The smallest absolute Gasteiger partial charge is 0.309 e.